The third-order valence-electron chi connectivity index (χ3n) is 4.80. The summed E-state index contributed by atoms with van der Waals surface area (Å²) in [6.07, 6.45) is 0. The number of rotatable bonds is 4. The monoisotopic (exact) mass is 383 g/mol. The number of sulfonamides is 1. The first-order chi connectivity index (χ1) is 12.8. The molecular weight excluding hydrogens is 362 g/mol. The van der Waals surface area contributed by atoms with Crippen molar-refractivity contribution in [2.75, 3.05) is 24.5 Å². The molecule has 1 fully saturated rings. The van der Waals surface area contributed by atoms with E-state index in [-0.39, 0.29) is 16.7 Å². The maximum Gasteiger partial charge on any atom is 0.243 e. The highest BCUT2D eigenvalue weighted by molar-refractivity contribution is 7.89. The second-order valence-corrected chi connectivity index (χ2v) is 8.54. The average Bonchev–Trinajstić information content (AvgIpc) is 2.67. The zero-order valence-electron chi connectivity index (χ0n) is 15.3. The fourth-order valence-electron chi connectivity index (χ4n) is 3.28. The van der Waals surface area contributed by atoms with Gasteiger partial charge in [-0.15, -0.1) is 0 Å². The molecule has 27 heavy (non-hydrogen) atoms. The van der Waals surface area contributed by atoms with Crippen molar-refractivity contribution in [3.8, 4) is 6.07 Å². The summed E-state index contributed by atoms with van der Waals surface area (Å²) in [6.45, 7) is 4.85. The normalized spacial score (nSPS) is 18.1. The lowest BCUT2D eigenvalue weighted by molar-refractivity contribution is 0.101. The van der Waals surface area contributed by atoms with Gasteiger partial charge >= 0.3 is 0 Å². The number of hydrogen-bond donors (Lipinski definition) is 0. The zero-order valence-corrected chi connectivity index (χ0v) is 16.1. The lowest BCUT2D eigenvalue weighted by Crippen LogP contribution is -2.54. The van der Waals surface area contributed by atoms with Crippen LogP contribution in [-0.4, -0.2) is 44.2 Å². The van der Waals surface area contributed by atoms with Crippen LogP contribution in [0.3, 0.4) is 0 Å². The SMILES string of the molecule is CC(=O)c1ccc(S(=O)(=O)N2CCN(c3ccc(C#N)cc3)C[C@H]2C)cc1. The van der Waals surface area contributed by atoms with Crippen LogP contribution >= 0.6 is 0 Å². The van der Waals surface area contributed by atoms with Gasteiger partial charge in [0.05, 0.1) is 16.5 Å². The molecule has 3 rings (SSSR count). The van der Waals surface area contributed by atoms with Crippen molar-refractivity contribution < 1.29 is 13.2 Å². The minimum absolute atomic E-state index is 0.0941. The molecule has 0 spiro atoms. The molecule has 0 bridgehead atoms. The molecule has 0 N–H and O–H groups in total. The highest BCUT2D eigenvalue weighted by Crippen LogP contribution is 2.25. The molecule has 2 aromatic rings. The first-order valence-electron chi connectivity index (χ1n) is 8.71. The fourth-order valence-corrected chi connectivity index (χ4v) is 4.89. The van der Waals surface area contributed by atoms with Crippen LogP contribution in [0.2, 0.25) is 0 Å². The number of carbonyl (C=O) groups is 1. The van der Waals surface area contributed by atoms with Gasteiger partial charge in [-0.1, -0.05) is 12.1 Å². The lowest BCUT2D eigenvalue weighted by Gasteiger charge is -2.40. The fraction of sp³-hybridized carbons (Fsp3) is 0.300. The summed E-state index contributed by atoms with van der Waals surface area (Å²) in [4.78, 5) is 13.7. The van der Waals surface area contributed by atoms with Crippen molar-refractivity contribution >= 4 is 21.5 Å². The third kappa shape index (κ3) is 3.87. The van der Waals surface area contributed by atoms with Gasteiger partial charge in [0.1, 0.15) is 0 Å². The van der Waals surface area contributed by atoms with Crippen LogP contribution < -0.4 is 4.90 Å². The van der Waals surface area contributed by atoms with Crippen LogP contribution in [-0.2, 0) is 10.0 Å². The maximum absolute atomic E-state index is 13.0. The molecular formula is C20H21N3O3S. The predicted molar refractivity (Wildman–Crippen MR) is 103 cm³/mol. The molecule has 1 aliphatic heterocycles. The van der Waals surface area contributed by atoms with E-state index < -0.39 is 10.0 Å². The van der Waals surface area contributed by atoms with Crippen molar-refractivity contribution in [1.29, 1.82) is 5.26 Å². The van der Waals surface area contributed by atoms with E-state index in [0.29, 0.717) is 30.8 Å². The number of Topliss-reactive ketones (excluding diaryl/α,β-unsaturated/α-hetero) is 1. The van der Waals surface area contributed by atoms with Gasteiger partial charge in [0.25, 0.3) is 0 Å². The summed E-state index contributed by atoms with van der Waals surface area (Å²) >= 11 is 0. The van der Waals surface area contributed by atoms with Crippen molar-refractivity contribution in [3.05, 3.63) is 59.7 Å². The maximum atomic E-state index is 13.0. The highest BCUT2D eigenvalue weighted by atomic mass is 32.2. The molecule has 0 aliphatic carbocycles. The molecule has 0 aromatic heterocycles. The second kappa shape index (κ2) is 7.51. The van der Waals surface area contributed by atoms with E-state index >= 15 is 0 Å². The molecule has 1 atom stereocenters. The van der Waals surface area contributed by atoms with E-state index in [1.54, 1.807) is 24.3 Å². The Bertz CT molecular complexity index is 977. The standard InChI is InChI=1S/C20H21N3O3S/c1-15-14-22(19-7-3-17(13-21)4-8-19)11-12-23(15)27(25,26)20-9-5-18(6-10-20)16(2)24/h3-10,15H,11-12,14H2,1-2H3/t15-/m1/s1. The Kier molecular flexibility index (Phi) is 5.31. The highest BCUT2D eigenvalue weighted by Gasteiger charge is 2.33. The Hall–Kier alpha value is -2.69. The number of benzene rings is 2. The van der Waals surface area contributed by atoms with E-state index in [2.05, 4.69) is 11.0 Å². The van der Waals surface area contributed by atoms with Gasteiger partial charge in [0.2, 0.25) is 10.0 Å². The smallest absolute Gasteiger partial charge is 0.243 e. The zero-order chi connectivity index (χ0) is 19.6. The largest absolute Gasteiger partial charge is 0.369 e. The number of hydrogen-bond acceptors (Lipinski definition) is 5. The Morgan fingerprint density at radius 3 is 2.22 bits per heavy atom. The first kappa shape index (κ1) is 19.1. The number of nitrogens with zero attached hydrogens (tertiary/aromatic N) is 3. The van der Waals surface area contributed by atoms with Gasteiger partial charge in [0.15, 0.2) is 5.78 Å². The summed E-state index contributed by atoms with van der Waals surface area (Å²) in [5.41, 5.74) is 2.07. The minimum atomic E-state index is -3.62. The van der Waals surface area contributed by atoms with Gasteiger partial charge < -0.3 is 4.90 Å². The number of ketones is 1. The van der Waals surface area contributed by atoms with Crippen molar-refractivity contribution in [3.63, 3.8) is 0 Å². The van der Waals surface area contributed by atoms with Crippen LogP contribution in [0.5, 0.6) is 0 Å². The van der Waals surface area contributed by atoms with Gasteiger partial charge in [-0.2, -0.15) is 9.57 Å². The van der Waals surface area contributed by atoms with Crippen molar-refractivity contribution in [1.82, 2.24) is 4.31 Å². The van der Waals surface area contributed by atoms with Crippen LogP contribution in [0, 0.1) is 11.3 Å². The minimum Gasteiger partial charge on any atom is -0.369 e. The number of piperazine rings is 1. The van der Waals surface area contributed by atoms with E-state index in [1.807, 2.05) is 19.1 Å². The third-order valence-corrected chi connectivity index (χ3v) is 6.82. The molecule has 0 radical (unpaired) electrons. The van der Waals surface area contributed by atoms with E-state index in [1.165, 1.54) is 23.4 Å². The summed E-state index contributed by atoms with van der Waals surface area (Å²) in [7, 11) is -3.62. The molecule has 140 valence electrons. The summed E-state index contributed by atoms with van der Waals surface area (Å²) in [6, 6.07) is 15.3. The van der Waals surface area contributed by atoms with Gasteiger partial charge in [-0.05, 0) is 50.2 Å². The quantitative estimate of drug-likeness (QED) is 0.758. The predicted octanol–water partition coefficient (Wildman–Crippen LogP) is 2.66. The number of carbonyl (C=O) groups excluding carboxylic acids is 1. The number of anilines is 1. The molecule has 6 nitrogen and oxygen atoms in total. The Morgan fingerprint density at radius 2 is 1.70 bits per heavy atom. The molecule has 1 heterocycles. The molecule has 7 heteroatoms. The van der Waals surface area contributed by atoms with E-state index in [0.717, 1.165) is 5.69 Å². The molecule has 1 saturated heterocycles. The average molecular weight is 383 g/mol. The molecule has 1 aliphatic rings. The second-order valence-electron chi connectivity index (χ2n) is 6.65. The molecule has 2 aromatic carbocycles. The number of nitriles is 1. The Labute approximate surface area is 159 Å². The Balaban J connectivity index is 1.76. The molecule has 0 saturated carbocycles. The van der Waals surface area contributed by atoms with E-state index in [4.69, 9.17) is 5.26 Å². The lowest BCUT2D eigenvalue weighted by atomic mass is 10.1. The summed E-state index contributed by atoms with van der Waals surface area (Å²) < 4.78 is 27.5. The van der Waals surface area contributed by atoms with Gasteiger partial charge in [0, 0.05) is 36.9 Å². The van der Waals surface area contributed by atoms with Crippen LogP contribution in [0.25, 0.3) is 0 Å². The van der Waals surface area contributed by atoms with Crippen molar-refractivity contribution in [2.24, 2.45) is 0 Å². The Morgan fingerprint density at radius 1 is 1.07 bits per heavy atom. The summed E-state index contributed by atoms with van der Waals surface area (Å²) in [5, 5.41) is 8.91. The first-order valence-corrected chi connectivity index (χ1v) is 10.1. The van der Waals surface area contributed by atoms with Crippen molar-refractivity contribution in [2.45, 2.75) is 24.8 Å². The van der Waals surface area contributed by atoms with E-state index in [9.17, 15) is 13.2 Å². The van der Waals surface area contributed by atoms with Crippen LogP contribution in [0.15, 0.2) is 53.4 Å². The molecule has 0 amide bonds. The molecule has 0 unspecified atom stereocenters. The van der Waals surface area contributed by atoms with Crippen LogP contribution in [0.1, 0.15) is 29.8 Å². The van der Waals surface area contributed by atoms with Gasteiger partial charge in [-0.25, -0.2) is 8.42 Å². The topological polar surface area (TPSA) is 81.5 Å². The van der Waals surface area contributed by atoms with Gasteiger partial charge in [-0.3, -0.25) is 4.79 Å². The summed E-state index contributed by atoms with van der Waals surface area (Å²) in [5.74, 6) is -0.0941. The van der Waals surface area contributed by atoms with Crippen LogP contribution in [0.4, 0.5) is 5.69 Å².